The molecule has 0 bridgehead atoms. The van der Waals surface area contributed by atoms with Gasteiger partial charge in [0.2, 0.25) is 0 Å². The van der Waals surface area contributed by atoms with Crippen LogP contribution < -0.4 is 15.4 Å². The van der Waals surface area contributed by atoms with Crippen molar-refractivity contribution in [2.24, 2.45) is 0 Å². The number of ether oxygens (including phenoxy) is 1. The lowest BCUT2D eigenvalue weighted by molar-refractivity contribution is 0.341. The van der Waals surface area contributed by atoms with Crippen molar-refractivity contribution in [1.29, 1.82) is 0 Å². The van der Waals surface area contributed by atoms with Crippen LogP contribution in [0.1, 0.15) is 37.0 Å². The summed E-state index contributed by atoms with van der Waals surface area (Å²) in [4.78, 5) is 0. The van der Waals surface area contributed by atoms with Crippen LogP contribution in [0.4, 0.5) is 11.4 Å². The smallest absolute Gasteiger partial charge is 0.152 e. The van der Waals surface area contributed by atoms with Gasteiger partial charge in [-0.1, -0.05) is 67.6 Å². The predicted octanol–water partition coefficient (Wildman–Crippen LogP) is 6.54. The van der Waals surface area contributed by atoms with Crippen LogP contribution in [0.5, 0.6) is 5.75 Å². The highest BCUT2D eigenvalue weighted by Crippen LogP contribution is 2.44. The summed E-state index contributed by atoms with van der Waals surface area (Å²) in [6.07, 6.45) is 0.919. The Bertz CT molecular complexity index is 963. The molecule has 0 fully saturated rings. The Labute approximate surface area is 174 Å². The molecule has 0 aliphatic carbocycles. The van der Waals surface area contributed by atoms with Gasteiger partial charge in [-0.2, -0.15) is 0 Å². The van der Waals surface area contributed by atoms with Gasteiger partial charge in [0.05, 0.1) is 12.3 Å². The van der Waals surface area contributed by atoms with Crippen LogP contribution in [0.2, 0.25) is 0 Å². The van der Waals surface area contributed by atoms with Crippen molar-refractivity contribution in [3.63, 3.8) is 0 Å². The Kier molecular flexibility index (Phi) is 6.96. The van der Waals surface area contributed by atoms with Crippen molar-refractivity contribution in [2.45, 2.75) is 20.3 Å². The number of hydrogen-bond acceptors (Lipinski definition) is 3. The van der Waals surface area contributed by atoms with Gasteiger partial charge in [-0.3, -0.25) is 0 Å². The Morgan fingerprint density at radius 1 is 0.759 bits per heavy atom. The van der Waals surface area contributed by atoms with E-state index in [2.05, 4.69) is 90.4 Å². The molecule has 150 valence electrons. The first-order valence-corrected chi connectivity index (χ1v) is 10.2. The standard InChI is InChI=1S/C26H30N2O/c1-5-21(19-13-9-7-10-14-19)24(20-15-11-8-12-16-20)22-17-18-23(27-3)25(28-4)26(22)29-6-2/h7-18,27-28H,5-6H2,1-4H3/b24-21-. The van der Waals surface area contributed by atoms with Gasteiger partial charge in [0.15, 0.2) is 5.75 Å². The number of anilines is 2. The summed E-state index contributed by atoms with van der Waals surface area (Å²) in [5.41, 5.74) is 8.03. The van der Waals surface area contributed by atoms with E-state index in [-0.39, 0.29) is 0 Å². The lowest BCUT2D eigenvalue weighted by Crippen LogP contribution is -2.06. The minimum absolute atomic E-state index is 0.601. The van der Waals surface area contributed by atoms with Gasteiger partial charge in [-0.15, -0.1) is 0 Å². The molecule has 2 N–H and O–H groups in total. The molecule has 3 aromatic rings. The normalized spacial score (nSPS) is 11.6. The van der Waals surface area contributed by atoms with E-state index in [9.17, 15) is 0 Å². The monoisotopic (exact) mass is 386 g/mol. The Morgan fingerprint density at radius 3 is 1.90 bits per heavy atom. The van der Waals surface area contributed by atoms with E-state index in [4.69, 9.17) is 4.74 Å². The molecule has 0 aromatic heterocycles. The average molecular weight is 387 g/mol. The van der Waals surface area contributed by atoms with E-state index in [0.717, 1.165) is 29.1 Å². The molecule has 3 aromatic carbocycles. The van der Waals surface area contributed by atoms with Crippen LogP contribution in [0, 0.1) is 0 Å². The van der Waals surface area contributed by atoms with E-state index >= 15 is 0 Å². The van der Waals surface area contributed by atoms with Crippen LogP contribution in [0.15, 0.2) is 72.8 Å². The average Bonchev–Trinajstić information content (AvgIpc) is 2.78. The molecule has 0 heterocycles. The highest BCUT2D eigenvalue weighted by atomic mass is 16.5. The molecule has 3 rings (SSSR count). The van der Waals surface area contributed by atoms with Gasteiger partial charge >= 0.3 is 0 Å². The maximum atomic E-state index is 6.20. The summed E-state index contributed by atoms with van der Waals surface area (Å²) in [6, 6.07) is 25.5. The van der Waals surface area contributed by atoms with E-state index in [1.807, 2.05) is 21.0 Å². The summed E-state index contributed by atoms with van der Waals surface area (Å²) in [7, 11) is 3.87. The molecule has 0 radical (unpaired) electrons. The number of allylic oxidation sites excluding steroid dienone is 1. The van der Waals surface area contributed by atoms with Crippen molar-refractivity contribution >= 4 is 22.5 Å². The highest BCUT2D eigenvalue weighted by molar-refractivity contribution is 6.02. The lowest BCUT2D eigenvalue weighted by Gasteiger charge is -2.22. The fraction of sp³-hybridized carbons (Fsp3) is 0.231. The molecule has 0 saturated heterocycles. The van der Waals surface area contributed by atoms with Crippen molar-refractivity contribution in [3.05, 3.63) is 89.5 Å². The van der Waals surface area contributed by atoms with Crippen LogP contribution in [-0.2, 0) is 0 Å². The third-order valence-electron chi connectivity index (χ3n) is 5.08. The molecule has 3 nitrogen and oxygen atoms in total. The molecule has 0 amide bonds. The fourth-order valence-electron chi connectivity index (χ4n) is 3.79. The molecule has 0 spiro atoms. The Hall–Kier alpha value is -3.20. The second kappa shape index (κ2) is 9.83. The second-order valence-electron chi connectivity index (χ2n) is 6.74. The third-order valence-corrected chi connectivity index (χ3v) is 5.08. The SMILES string of the molecule is CCOc1c(/C(=C(/CC)c2ccccc2)c2ccccc2)ccc(NC)c1NC. The van der Waals surface area contributed by atoms with E-state index in [0.29, 0.717) is 6.61 Å². The highest BCUT2D eigenvalue weighted by Gasteiger charge is 2.20. The van der Waals surface area contributed by atoms with Crippen molar-refractivity contribution in [3.8, 4) is 5.75 Å². The van der Waals surface area contributed by atoms with Crippen LogP contribution in [0.3, 0.4) is 0 Å². The van der Waals surface area contributed by atoms with Crippen molar-refractivity contribution in [1.82, 2.24) is 0 Å². The predicted molar refractivity (Wildman–Crippen MR) is 126 cm³/mol. The zero-order chi connectivity index (χ0) is 20.6. The number of benzene rings is 3. The first-order chi connectivity index (χ1) is 14.2. The zero-order valence-corrected chi connectivity index (χ0v) is 17.8. The summed E-state index contributed by atoms with van der Waals surface area (Å²) in [5.74, 6) is 0.877. The van der Waals surface area contributed by atoms with Crippen LogP contribution >= 0.6 is 0 Å². The van der Waals surface area contributed by atoms with Gasteiger partial charge in [-0.05, 0) is 47.8 Å². The van der Waals surface area contributed by atoms with Gasteiger partial charge < -0.3 is 15.4 Å². The van der Waals surface area contributed by atoms with Gasteiger partial charge in [-0.25, -0.2) is 0 Å². The number of nitrogens with one attached hydrogen (secondary N) is 2. The molecule has 29 heavy (non-hydrogen) atoms. The maximum absolute atomic E-state index is 6.20. The van der Waals surface area contributed by atoms with Crippen molar-refractivity contribution in [2.75, 3.05) is 31.3 Å². The first kappa shape index (κ1) is 20.5. The minimum Gasteiger partial charge on any atom is -0.491 e. The fourth-order valence-corrected chi connectivity index (χ4v) is 3.79. The topological polar surface area (TPSA) is 33.3 Å². The summed E-state index contributed by atoms with van der Waals surface area (Å²) < 4.78 is 6.20. The molecule has 0 saturated carbocycles. The second-order valence-corrected chi connectivity index (χ2v) is 6.74. The zero-order valence-electron chi connectivity index (χ0n) is 17.8. The van der Waals surface area contributed by atoms with E-state index in [1.165, 1.54) is 22.3 Å². The Morgan fingerprint density at radius 2 is 1.38 bits per heavy atom. The maximum Gasteiger partial charge on any atom is 0.152 e. The molecular weight excluding hydrogens is 356 g/mol. The summed E-state index contributed by atoms with van der Waals surface area (Å²) in [6.45, 7) is 4.84. The minimum atomic E-state index is 0.601. The largest absolute Gasteiger partial charge is 0.491 e. The van der Waals surface area contributed by atoms with Crippen molar-refractivity contribution < 1.29 is 4.74 Å². The number of hydrogen-bond donors (Lipinski definition) is 2. The molecule has 0 unspecified atom stereocenters. The van der Waals surface area contributed by atoms with Crippen LogP contribution in [0.25, 0.3) is 11.1 Å². The first-order valence-electron chi connectivity index (χ1n) is 10.2. The summed E-state index contributed by atoms with van der Waals surface area (Å²) in [5, 5.41) is 6.60. The molecule has 0 atom stereocenters. The van der Waals surface area contributed by atoms with Gasteiger partial charge in [0.25, 0.3) is 0 Å². The quantitative estimate of drug-likeness (QED) is 0.431. The van der Waals surface area contributed by atoms with E-state index < -0.39 is 0 Å². The number of rotatable bonds is 8. The summed E-state index contributed by atoms with van der Waals surface area (Å²) >= 11 is 0. The molecular formula is C26H30N2O. The lowest BCUT2D eigenvalue weighted by atomic mass is 9.87. The Balaban J connectivity index is 2.38. The molecule has 0 aliphatic rings. The third kappa shape index (κ3) is 4.29. The van der Waals surface area contributed by atoms with Crippen LogP contribution in [-0.4, -0.2) is 20.7 Å². The molecule has 0 aliphatic heterocycles. The van der Waals surface area contributed by atoms with Gasteiger partial charge in [0, 0.05) is 19.7 Å². The van der Waals surface area contributed by atoms with E-state index in [1.54, 1.807) is 0 Å². The molecule has 3 heteroatoms. The van der Waals surface area contributed by atoms with Gasteiger partial charge in [0.1, 0.15) is 5.69 Å².